The van der Waals surface area contributed by atoms with Crippen LogP contribution < -0.4 is 10.7 Å². The van der Waals surface area contributed by atoms with Gasteiger partial charge >= 0.3 is 11.8 Å². The number of carbonyl (C=O) groups is 2. The molecule has 0 aromatic carbocycles. The maximum atomic E-state index is 11.2. The number of hydrogen-bond acceptors (Lipinski definition) is 4. The number of ether oxygens (including phenoxy) is 1. The van der Waals surface area contributed by atoms with E-state index in [-0.39, 0.29) is 0 Å². The van der Waals surface area contributed by atoms with Gasteiger partial charge in [-0.25, -0.2) is 5.43 Å². The van der Waals surface area contributed by atoms with Gasteiger partial charge in [-0.15, -0.1) is 0 Å². The third kappa shape index (κ3) is 6.13. The van der Waals surface area contributed by atoms with Crippen molar-refractivity contribution >= 4 is 17.5 Å². The second-order valence-electron chi connectivity index (χ2n) is 3.07. The molecule has 0 unspecified atom stereocenters. The molecule has 0 aliphatic heterocycles. The van der Waals surface area contributed by atoms with Gasteiger partial charge < -0.3 is 10.1 Å². The second kappa shape index (κ2) is 8.84. The topological polar surface area (TPSA) is 79.8 Å². The van der Waals surface area contributed by atoms with Crippen molar-refractivity contribution in [3.63, 3.8) is 0 Å². The predicted octanol–water partition coefficient (Wildman–Crippen LogP) is 0.0412. The molecule has 0 heterocycles. The number of carbonyl (C=O) groups excluding carboxylic acids is 2. The van der Waals surface area contributed by atoms with E-state index < -0.39 is 11.8 Å². The summed E-state index contributed by atoms with van der Waals surface area (Å²) in [5.74, 6) is -1.46. The average Bonchev–Trinajstić information content (AvgIpc) is 2.30. The average molecular weight is 229 g/mol. The predicted molar refractivity (Wildman–Crippen MR) is 61.0 cm³/mol. The summed E-state index contributed by atoms with van der Waals surface area (Å²) in [5.41, 5.74) is 3.05. The van der Waals surface area contributed by atoms with Crippen LogP contribution in [0.15, 0.2) is 5.10 Å². The van der Waals surface area contributed by atoms with E-state index in [2.05, 4.69) is 15.8 Å². The molecular weight excluding hydrogens is 210 g/mol. The molecule has 2 amide bonds. The van der Waals surface area contributed by atoms with Gasteiger partial charge in [-0.2, -0.15) is 5.10 Å². The molecule has 0 aliphatic carbocycles. The van der Waals surface area contributed by atoms with Gasteiger partial charge in [-0.05, 0) is 12.8 Å². The van der Waals surface area contributed by atoms with Crippen molar-refractivity contribution in [3.8, 4) is 0 Å². The Balaban J connectivity index is 3.96. The molecule has 6 nitrogen and oxygen atoms in total. The molecule has 0 rings (SSSR count). The summed E-state index contributed by atoms with van der Waals surface area (Å²) in [7, 11) is 1.52. The Hall–Kier alpha value is -1.43. The maximum Gasteiger partial charge on any atom is 0.329 e. The lowest BCUT2D eigenvalue weighted by atomic mass is 10.2. The first-order valence-electron chi connectivity index (χ1n) is 5.28. The van der Waals surface area contributed by atoms with Gasteiger partial charge in [0, 0.05) is 19.4 Å². The third-order valence-electron chi connectivity index (χ3n) is 1.93. The van der Waals surface area contributed by atoms with Crippen molar-refractivity contribution in [3.05, 3.63) is 0 Å². The van der Waals surface area contributed by atoms with E-state index >= 15 is 0 Å². The zero-order valence-corrected chi connectivity index (χ0v) is 10.0. The fourth-order valence-corrected chi connectivity index (χ4v) is 0.936. The van der Waals surface area contributed by atoms with Gasteiger partial charge in [0.25, 0.3) is 0 Å². The highest BCUT2D eigenvalue weighted by Gasteiger charge is 2.11. The van der Waals surface area contributed by atoms with Crippen molar-refractivity contribution in [1.82, 2.24) is 10.7 Å². The molecule has 0 bridgehead atoms. The quantitative estimate of drug-likeness (QED) is 0.292. The smallest absolute Gasteiger partial charge is 0.329 e. The molecule has 0 fully saturated rings. The minimum atomic E-state index is -0.754. The molecule has 0 saturated heterocycles. The first kappa shape index (κ1) is 14.6. The largest absolute Gasteiger partial charge is 0.383 e. The minimum absolute atomic E-state index is 0.306. The fourth-order valence-electron chi connectivity index (χ4n) is 0.936. The number of rotatable bonds is 6. The molecular formula is C10H19N3O3. The summed E-state index contributed by atoms with van der Waals surface area (Å²) in [6.45, 7) is 4.55. The maximum absolute atomic E-state index is 11.2. The van der Waals surface area contributed by atoms with Crippen LogP contribution in [-0.4, -0.2) is 37.8 Å². The van der Waals surface area contributed by atoms with Crippen molar-refractivity contribution in [1.29, 1.82) is 0 Å². The zero-order valence-electron chi connectivity index (χ0n) is 10.0. The Morgan fingerprint density at radius 3 is 2.31 bits per heavy atom. The number of nitrogens with zero attached hydrogens (tertiary/aromatic N) is 1. The molecule has 0 aliphatic rings. The SMILES string of the molecule is CCC(CC)=NNC(=O)C(=O)NCCOC. The van der Waals surface area contributed by atoms with Gasteiger partial charge in [0.15, 0.2) is 0 Å². The molecule has 92 valence electrons. The van der Waals surface area contributed by atoms with Gasteiger partial charge in [0.1, 0.15) is 0 Å². The lowest BCUT2D eigenvalue weighted by Gasteiger charge is -2.04. The van der Waals surface area contributed by atoms with Crippen LogP contribution in [0.1, 0.15) is 26.7 Å². The monoisotopic (exact) mass is 229 g/mol. The zero-order chi connectivity index (χ0) is 12.4. The van der Waals surface area contributed by atoms with Crippen LogP contribution in [-0.2, 0) is 14.3 Å². The molecule has 16 heavy (non-hydrogen) atoms. The van der Waals surface area contributed by atoms with Crippen molar-refractivity contribution in [2.75, 3.05) is 20.3 Å². The fraction of sp³-hybridized carbons (Fsp3) is 0.700. The van der Waals surface area contributed by atoms with Crippen LogP contribution in [0.2, 0.25) is 0 Å². The molecule has 0 aromatic heterocycles. The van der Waals surface area contributed by atoms with E-state index in [1.807, 2.05) is 13.8 Å². The Labute approximate surface area is 95.4 Å². The summed E-state index contributed by atoms with van der Waals surface area (Å²) in [4.78, 5) is 22.4. The number of hydrazone groups is 1. The van der Waals surface area contributed by atoms with Crippen LogP contribution in [0.4, 0.5) is 0 Å². The normalized spacial score (nSPS) is 9.44. The summed E-state index contributed by atoms with van der Waals surface area (Å²) in [6, 6.07) is 0. The number of amides is 2. The lowest BCUT2D eigenvalue weighted by molar-refractivity contribution is -0.139. The third-order valence-corrected chi connectivity index (χ3v) is 1.93. The van der Waals surface area contributed by atoms with Gasteiger partial charge in [-0.3, -0.25) is 9.59 Å². The molecule has 0 aromatic rings. The van der Waals surface area contributed by atoms with E-state index in [0.717, 1.165) is 18.6 Å². The summed E-state index contributed by atoms with van der Waals surface area (Å²) in [6.07, 6.45) is 1.50. The van der Waals surface area contributed by atoms with E-state index in [4.69, 9.17) is 4.74 Å². The first-order valence-corrected chi connectivity index (χ1v) is 5.28. The van der Waals surface area contributed by atoms with E-state index in [1.54, 1.807) is 0 Å². The van der Waals surface area contributed by atoms with E-state index in [9.17, 15) is 9.59 Å². The molecule has 6 heteroatoms. The summed E-state index contributed by atoms with van der Waals surface area (Å²) >= 11 is 0. The highest BCUT2D eigenvalue weighted by molar-refractivity contribution is 6.35. The van der Waals surface area contributed by atoms with Crippen LogP contribution >= 0.6 is 0 Å². The minimum Gasteiger partial charge on any atom is -0.383 e. The van der Waals surface area contributed by atoms with Crippen LogP contribution in [0.3, 0.4) is 0 Å². The molecule has 2 N–H and O–H groups in total. The highest BCUT2D eigenvalue weighted by atomic mass is 16.5. The van der Waals surface area contributed by atoms with Crippen LogP contribution in [0.5, 0.6) is 0 Å². The molecule has 0 atom stereocenters. The molecule has 0 spiro atoms. The standard InChI is InChI=1S/C10H19N3O3/c1-4-8(5-2)12-13-10(15)9(14)11-6-7-16-3/h4-7H2,1-3H3,(H,11,14)(H,13,15). The lowest BCUT2D eigenvalue weighted by Crippen LogP contribution is -2.39. The van der Waals surface area contributed by atoms with Gasteiger partial charge in [-0.1, -0.05) is 13.8 Å². The van der Waals surface area contributed by atoms with Crippen molar-refractivity contribution < 1.29 is 14.3 Å². The Morgan fingerprint density at radius 2 is 1.81 bits per heavy atom. The number of hydrogen-bond donors (Lipinski definition) is 2. The van der Waals surface area contributed by atoms with Crippen LogP contribution in [0, 0.1) is 0 Å². The van der Waals surface area contributed by atoms with Crippen molar-refractivity contribution in [2.45, 2.75) is 26.7 Å². The Morgan fingerprint density at radius 1 is 1.19 bits per heavy atom. The van der Waals surface area contributed by atoms with Gasteiger partial charge in [0.05, 0.1) is 6.61 Å². The van der Waals surface area contributed by atoms with Crippen LogP contribution in [0.25, 0.3) is 0 Å². The molecule has 0 saturated carbocycles. The summed E-state index contributed by atoms with van der Waals surface area (Å²) < 4.78 is 4.73. The second-order valence-corrected chi connectivity index (χ2v) is 3.07. The van der Waals surface area contributed by atoms with Crippen molar-refractivity contribution in [2.24, 2.45) is 5.10 Å². The van der Waals surface area contributed by atoms with E-state index in [0.29, 0.717) is 13.2 Å². The summed E-state index contributed by atoms with van der Waals surface area (Å²) in [5, 5.41) is 6.23. The molecule has 0 radical (unpaired) electrons. The van der Waals surface area contributed by atoms with E-state index in [1.165, 1.54) is 7.11 Å². The number of nitrogens with one attached hydrogen (secondary N) is 2. The highest BCUT2D eigenvalue weighted by Crippen LogP contribution is 1.89. The Bertz CT molecular complexity index is 258. The first-order chi connectivity index (χ1) is 7.65. The van der Waals surface area contributed by atoms with Gasteiger partial charge in [0.2, 0.25) is 0 Å². The Kier molecular flexibility index (Phi) is 8.05. The number of methoxy groups -OCH3 is 1.